The number of halogens is 2. The van der Waals surface area contributed by atoms with E-state index in [0.717, 1.165) is 10.0 Å². The van der Waals surface area contributed by atoms with Crippen molar-refractivity contribution in [3.63, 3.8) is 0 Å². The number of morpholine rings is 1. The fraction of sp³-hybridized carbons (Fsp3) is 0.441. The minimum atomic E-state index is -1.18. The maximum atomic E-state index is 14.5. The lowest BCUT2D eigenvalue weighted by Crippen LogP contribution is -2.54. The van der Waals surface area contributed by atoms with Crippen LogP contribution in [0.2, 0.25) is 0 Å². The highest BCUT2D eigenvalue weighted by Crippen LogP contribution is 2.33. The van der Waals surface area contributed by atoms with E-state index in [1.807, 2.05) is 0 Å². The lowest BCUT2D eigenvalue weighted by Gasteiger charge is -2.27. The third kappa shape index (κ3) is 9.42. The van der Waals surface area contributed by atoms with Crippen molar-refractivity contribution in [1.82, 2.24) is 15.2 Å². The van der Waals surface area contributed by atoms with Crippen LogP contribution in [-0.2, 0) is 33.3 Å². The summed E-state index contributed by atoms with van der Waals surface area (Å²) in [5, 5.41) is 7.77. The van der Waals surface area contributed by atoms with Crippen LogP contribution >= 0.6 is 11.3 Å². The third-order valence-corrected chi connectivity index (χ3v) is 8.96. The van der Waals surface area contributed by atoms with Crippen LogP contribution in [0.1, 0.15) is 39.3 Å². The quantitative estimate of drug-likeness (QED) is 0.0943. The van der Waals surface area contributed by atoms with E-state index < -0.39 is 35.5 Å². The Morgan fingerprint density at radius 3 is 2.43 bits per heavy atom. The lowest BCUT2D eigenvalue weighted by atomic mass is 10.0. The van der Waals surface area contributed by atoms with Crippen LogP contribution in [0, 0.1) is 0 Å². The summed E-state index contributed by atoms with van der Waals surface area (Å²) in [5.74, 6) is -3.77. The molecule has 274 valence electrons. The summed E-state index contributed by atoms with van der Waals surface area (Å²) < 4.78 is 55.2. The fourth-order valence-electron chi connectivity index (χ4n) is 5.59. The number of nitrogens with one attached hydrogen (secondary N) is 2. The molecule has 2 N–H and O–H groups in total. The molecule has 2 fully saturated rings. The molecule has 1 unspecified atom stereocenters. The van der Waals surface area contributed by atoms with Gasteiger partial charge in [-0.05, 0) is 18.6 Å². The number of anilines is 2. The first-order valence-electron chi connectivity index (χ1n) is 16.4. The van der Waals surface area contributed by atoms with Crippen molar-refractivity contribution in [2.45, 2.75) is 18.9 Å². The number of aromatic nitrogens is 1. The molecule has 1 aromatic carbocycles. The van der Waals surface area contributed by atoms with Crippen molar-refractivity contribution < 1.29 is 51.6 Å². The SMILES string of the molecule is C=C/C(=C(OCCOCCOCCOCCNc1cccc2c1C(=O)N(C1CCC(=O)NC1=O)C2=O)\C(F)=C\F)c1csc(N2CCOCC2)n1. The molecule has 3 aliphatic rings. The summed E-state index contributed by atoms with van der Waals surface area (Å²) in [5.41, 5.74) is 1.45. The molecular weight excluding hydrogens is 692 g/mol. The summed E-state index contributed by atoms with van der Waals surface area (Å²) >= 11 is 1.39. The number of amides is 4. The normalized spacial score (nSPS) is 18.5. The van der Waals surface area contributed by atoms with Crippen molar-refractivity contribution in [3.8, 4) is 0 Å². The predicted molar refractivity (Wildman–Crippen MR) is 183 cm³/mol. The first kappa shape index (κ1) is 37.7. The number of fused-ring (bicyclic) bond motifs is 1. The molecule has 0 bridgehead atoms. The second-order valence-corrected chi connectivity index (χ2v) is 12.1. The number of rotatable bonds is 19. The molecular formula is C34H39F2N5O9S. The average molecular weight is 732 g/mol. The monoisotopic (exact) mass is 731 g/mol. The van der Waals surface area contributed by atoms with Gasteiger partial charge in [0.25, 0.3) is 11.8 Å². The van der Waals surface area contributed by atoms with Crippen LogP contribution < -0.4 is 15.5 Å². The largest absolute Gasteiger partial charge is 0.487 e. The molecule has 14 nitrogen and oxygen atoms in total. The Labute approximate surface area is 297 Å². The van der Waals surface area contributed by atoms with E-state index in [1.165, 1.54) is 23.5 Å². The number of hydrogen-bond acceptors (Lipinski definition) is 13. The number of thiazole rings is 1. The molecule has 0 spiro atoms. The number of allylic oxidation sites excluding steroid dienone is 3. The molecule has 0 saturated carbocycles. The summed E-state index contributed by atoms with van der Waals surface area (Å²) in [6.45, 7) is 8.02. The van der Waals surface area contributed by atoms with Crippen molar-refractivity contribution in [2.75, 3.05) is 89.3 Å². The molecule has 5 rings (SSSR count). The Balaban J connectivity index is 0.962. The molecule has 3 aliphatic heterocycles. The first-order valence-corrected chi connectivity index (χ1v) is 17.3. The number of benzene rings is 1. The van der Waals surface area contributed by atoms with Crippen LogP contribution in [0.25, 0.3) is 5.57 Å². The molecule has 1 aromatic heterocycles. The van der Waals surface area contributed by atoms with Gasteiger partial charge in [-0.15, -0.1) is 11.3 Å². The smallest absolute Gasteiger partial charge is 0.264 e. The van der Waals surface area contributed by atoms with E-state index in [0.29, 0.717) is 44.2 Å². The van der Waals surface area contributed by atoms with Gasteiger partial charge in [-0.25, -0.2) is 13.8 Å². The molecule has 51 heavy (non-hydrogen) atoms. The van der Waals surface area contributed by atoms with E-state index in [1.54, 1.807) is 17.5 Å². The Morgan fingerprint density at radius 2 is 1.75 bits per heavy atom. The number of hydrogen-bond donors (Lipinski definition) is 2. The number of carbonyl (C=O) groups is 4. The molecule has 4 amide bonds. The number of ether oxygens (including phenoxy) is 5. The third-order valence-electron chi connectivity index (χ3n) is 8.06. The average Bonchev–Trinajstić information content (AvgIpc) is 3.73. The van der Waals surface area contributed by atoms with Gasteiger partial charge in [-0.3, -0.25) is 29.4 Å². The Bertz CT molecular complexity index is 1660. The van der Waals surface area contributed by atoms with Crippen molar-refractivity contribution in [2.24, 2.45) is 0 Å². The van der Waals surface area contributed by atoms with E-state index in [4.69, 9.17) is 23.7 Å². The van der Waals surface area contributed by atoms with Gasteiger partial charge >= 0.3 is 0 Å². The van der Waals surface area contributed by atoms with E-state index in [2.05, 4.69) is 27.1 Å². The first-order chi connectivity index (χ1) is 24.8. The summed E-state index contributed by atoms with van der Waals surface area (Å²) in [7, 11) is 0. The van der Waals surface area contributed by atoms with E-state index >= 15 is 0 Å². The number of imide groups is 2. The van der Waals surface area contributed by atoms with Crippen molar-refractivity contribution in [1.29, 1.82) is 0 Å². The highest BCUT2D eigenvalue weighted by atomic mass is 32.1. The molecule has 2 saturated heterocycles. The van der Waals surface area contributed by atoms with Crippen LogP contribution in [0.3, 0.4) is 0 Å². The standard InChI is InChI=1S/C34H39F2N5O9S/c1-2-22(26-21-51-34(38-26)40-9-12-47-13-10-40)30(24(36)20-35)50-19-18-49-17-16-48-15-14-46-11-8-37-25-5-3-4-23-29(25)33(45)41(32(23)44)27-6-7-28(42)39-31(27)43/h2-5,20-21,27,37H,1,6-19H2,(H,39,42,43)/b24-20-,30-22-. The molecule has 4 heterocycles. The summed E-state index contributed by atoms with van der Waals surface area (Å²) in [6.07, 6.45) is 1.33. The number of nitrogens with zero attached hydrogens (tertiary/aromatic N) is 3. The van der Waals surface area contributed by atoms with Crippen LogP contribution in [0.5, 0.6) is 0 Å². The topological polar surface area (TPSA) is 158 Å². The van der Waals surface area contributed by atoms with Crippen LogP contribution in [-0.4, -0.2) is 119 Å². The second-order valence-electron chi connectivity index (χ2n) is 11.3. The van der Waals surface area contributed by atoms with Gasteiger partial charge in [0.2, 0.25) is 11.8 Å². The zero-order valence-corrected chi connectivity index (χ0v) is 28.6. The van der Waals surface area contributed by atoms with Crippen LogP contribution in [0.15, 0.2) is 54.1 Å². The molecule has 17 heteroatoms. The van der Waals surface area contributed by atoms with Crippen molar-refractivity contribution in [3.05, 3.63) is 71.0 Å². The Kier molecular flexibility index (Phi) is 13.8. The minimum Gasteiger partial charge on any atom is -0.487 e. The highest BCUT2D eigenvalue weighted by Gasteiger charge is 2.45. The fourth-order valence-corrected chi connectivity index (χ4v) is 6.47. The summed E-state index contributed by atoms with van der Waals surface area (Å²) in [6, 6.07) is 3.80. The van der Waals surface area contributed by atoms with Crippen molar-refractivity contribution >= 4 is 51.4 Å². The molecule has 0 radical (unpaired) electrons. The maximum Gasteiger partial charge on any atom is 0.264 e. The van der Waals surface area contributed by atoms with Gasteiger partial charge in [0.15, 0.2) is 16.7 Å². The highest BCUT2D eigenvalue weighted by molar-refractivity contribution is 7.13. The summed E-state index contributed by atoms with van der Waals surface area (Å²) in [4.78, 5) is 57.5. The van der Waals surface area contributed by atoms with Gasteiger partial charge in [0, 0.05) is 42.7 Å². The number of carbonyl (C=O) groups excluding carboxylic acids is 4. The molecule has 0 aliphatic carbocycles. The van der Waals surface area contributed by atoms with Gasteiger partial charge < -0.3 is 33.9 Å². The number of piperidine rings is 1. The predicted octanol–water partition coefficient (Wildman–Crippen LogP) is 3.24. The minimum absolute atomic E-state index is 0.0445. The zero-order chi connectivity index (χ0) is 36.2. The Morgan fingerprint density at radius 1 is 1.04 bits per heavy atom. The van der Waals surface area contributed by atoms with Gasteiger partial charge in [0.05, 0.1) is 69.7 Å². The lowest BCUT2D eigenvalue weighted by molar-refractivity contribution is -0.136. The van der Waals surface area contributed by atoms with Gasteiger partial charge in [0.1, 0.15) is 19.0 Å². The second kappa shape index (κ2) is 18.6. The van der Waals surface area contributed by atoms with E-state index in [9.17, 15) is 28.0 Å². The molecule has 1 atom stereocenters. The molecule has 2 aromatic rings. The maximum absolute atomic E-state index is 14.5. The van der Waals surface area contributed by atoms with Gasteiger partial charge in [-0.1, -0.05) is 18.7 Å². The van der Waals surface area contributed by atoms with Crippen LogP contribution in [0.4, 0.5) is 19.6 Å². The van der Waals surface area contributed by atoms with E-state index in [-0.39, 0.29) is 87.9 Å². The van der Waals surface area contributed by atoms with Gasteiger partial charge in [-0.2, -0.15) is 0 Å². The Hall–Kier alpha value is -4.55. The zero-order valence-electron chi connectivity index (χ0n) is 27.8.